The van der Waals surface area contributed by atoms with Crippen LogP contribution < -0.4 is 5.73 Å². The van der Waals surface area contributed by atoms with Gasteiger partial charge in [-0.05, 0) is 18.1 Å². The van der Waals surface area contributed by atoms with Crippen LogP contribution in [0.5, 0.6) is 0 Å². The van der Waals surface area contributed by atoms with Crippen molar-refractivity contribution in [3.63, 3.8) is 0 Å². The lowest BCUT2D eigenvalue weighted by molar-refractivity contribution is -0.138. The molecule has 0 saturated heterocycles. The van der Waals surface area contributed by atoms with Gasteiger partial charge in [-0.3, -0.25) is 0 Å². The Balaban J connectivity index is 2.00. The lowest BCUT2D eigenvalue weighted by Crippen LogP contribution is -2.15. The van der Waals surface area contributed by atoms with E-state index in [0.717, 1.165) is 11.1 Å². The first-order valence-electron chi connectivity index (χ1n) is 8.49. The number of esters is 1. The lowest BCUT2D eigenvalue weighted by Gasteiger charge is -2.15. The molecule has 4 rings (SSSR count). The number of nitrogens with two attached hydrogens (primary N) is 1. The standard InChI is InChI=1S/C21H18N2O3/c1-2-25-20(24)17-15(13-9-5-3-6-10-13)18-19(26-21(22)23-18)16(17)14-11-7-4-8-12-14/h3-12,15H,2H2,1H3,(H2,22,23)/t15-/m1/s1. The van der Waals surface area contributed by atoms with Gasteiger partial charge in [-0.1, -0.05) is 60.7 Å². The summed E-state index contributed by atoms with van der Waals surface area (Å²) in [6, 6.07) is 19.4. The molecule has 1 heterocycles. The van der Waals surface area contributed by atoms with Gasteiger partial charge in [-0.25, -0.2) is 4.79 Å². The highest BCUT2D eigenvalue weighted by molar-refractivity contribution is 6.06. The Morgan fingerprint density at radius 3 is 2.42 bits per heavy atom. The Bertz CT molecular complexity index is 975. The van der Waals surface area contributed by atoms with Crippen LogP contribution in [0.1, 0.15) is 35.4 Å². The van der Waals surface area contributed by atoms with Crippen LogP contribution in [0.15, 0.2) is 70.7 Å². The Labute approximate surface area is 151 Å². The second-order valence-corrected chi connectivity index (χ2v) is 5.99. The van der Waals surface area contributed by atoms with Crippen molar-refractivity contribution < 1.29 is 13.9 Å². The smallest absolute Gasteiger partial charge is 0.335 e. The number of rotatable bonds is 4. The zero-order valence-corrected chi connectivity index (χ0v) is 14.3. The maximum atomic E-state index is 12.9. The van der Waals surface area contributed by atoms with Crippen molar-refractivity contribution in [2.45, 2.75) is 12.8 Å². The number of carbonyl (C=O) groups excluding carboxylic acids is 1. The first kappa shape index (κ1) is 16.1. The maximum absolute atomic E-state index is 12.9. The largest absolute Gasteiger partial charge is 0.463 e. The second-order valence-electron chi connectivity index (χ2n) is 5.99. The summed E-state index contributed by atoms with van der Waals surface area (Å²) in [4.78, 5) is 17.3. The van der Waals surface area contributed by atoms with E-state index in [-0.39, 0.29) is 17.9 Å². The summed E-state index contributed by atoms with van der Waals surface area (Å²) in [5, 5.41) is 0. The van der Waals surface area contributed by atoms with E-state index in [1.54, 1.807) is 6.92 Å². The number of benzene rings is 2. The molecule has 0 amide bonds. The zero-order chi connectivity index (χ0) is 18.1. The topological polar surface area (TPSA) is 78.3 Å². The molecule has 1 atom stereocenters. The fraction of sp³-hybridized carbons (Fsp3) is 0.143. The van der Waals surface area contributed by atoms with Crippen LogP contribution in [0.2, 0.25) is 0 Å². The average Bonchev–Trinajstić information content (AvgIpc) is 3.17. The minimum atomic E-state index is -0.374. The molecule has 0 bridgehead atoms. The minimum Gasteiger partial charge on any atom is -0.463 e. The summed E-state index contributed by atoms with van der Waals surface area (Å²) in [6.45, 7) is 2.09. The summed E-state index contributed by atoms with van der Waals surface area (Å²) in [6.07, 6.45) is 0. The van der Waals surface area contributed by atoms with Gasteiger partial charge in [0.2, 0.25) is 0 Å². The Morgan fingerprint density at radius 2 is 1.77 bits per heavy atom. The number of nitrogens with zero attached hydrogens (tertiary/aromatic N) is 1. The summed E-state index contributed by atoms with van der Waals surface area (Å²) in [7, 11) is 0. The minimum absolute atomic E-state index is 0.0901. The number of carbonyl (C=O) groups is 1. The van der Waals surface area contributed by atoms with Crippen molar-refractivity contribution in [3.05, 3.63) is 88.8 Å². The highest BCUT2D eigenvalue weighted by Crippen LogP contribution is 2.48. The molecule has 3 aromatic rings. The number of hydrogen-bond acceptors (Lipinski definition) is 5. The van der Waals surface area contributed by atoms with E-state index >= 15 is 0 Å². The van der Waals surface area contributed by atoms with E-state index in [9.17, 15) is 4.79 Å². The fourth-order valence-electron chi connectivity index (χ4n) is 3.42. The molecule has 2 aromatic carbocycles. The number of fused-ring (bicyclic) bond motifs is 1. The quantitative estimate of drug-likeness (QED) is 0.728. The summed E-state index contributed by atoms with van der Waals surface area (Å²) < 4.78 is 11.1. The molecule has 2 N–H and O–H groups in total. The molecule has 130 valence electrons. The van der Waals surface area contributed by atoms with Crippen LogP contribution >= 0.6 is 0 Å². The number of hydrogen-bond donors (Lipinski definition) is 1. The number of ether oxygens (including phenoxy) is 1. The Hall–Kier alpha value is -3.34. The number of nitrogen functional groups attached to an aromatic ring is 1. The van der Waals surface area contributed by atoms with Crippen LogP contribution in [0, 0.1) is 0 Å². The molecule has 5 nitrogen and oxygen atoms in total. The van der Waals surface area contributed by atoms with E-state index in [4.69, 9.17) is 14.9 Å². The van der Waals surface area contributed by atoms with Gasteiger partial charge < -0.3 is 14.9 Å². The average molecular weight is 346 g/mol. The van der Waals surface area contributed by atoms with Crippen LogP contribution in [0.4, 0.5) is 6.01 Å². The SMILES string of the molecule is CCOC(=O)C1=C(c2ccccc2)c2oc(N)nc2[C@@H]1c1ccccc1. The molecular weight excluding hydrogens is 328 g/mol. The summed E-state index contributed by atoms with van der Waals surface area (Å²) >= 11 is 0. The van der Waals surface area contributed by atoms with Gasteiger partial charge in [0.05, 0.1) is 18.1 Å². The third-order valence-electron chi connectivity index (χ3n) is 4.42. The van der Waals surface area contributed by atoms with Gasteiger partial charge >= 0.3 is 5.97 Å². The third-order valence-corrected chi connectivity index (χ3v) is 4.42. The van der Waals surface area contributed by atoms with Crippen LogP contribution in [-0.4, -0.2) is 17.6 Å². The van der Waals surface area contributed by atoms with Gasteiger partial charge in [-0.15, -0.1) is 0 Å². The third kappa shape index (κ3) is 2.58. The molecule has 26 heavy (non-hydrogen) atoms. The normalized spacial score (nSPS) is 15.8. The second kappa shape index (κ2) is 6.52. The molecule has 0 aliphatic heterocycles. The highest BCUT2D eigenvalue weighted by atomic mass is 16.5. The van der Waals surface area contributed by atoms with E-state index < -0.39 is 0 Å². The predicted molar refractivity (Wildman–Crippen MR) is 98.3 cm³/mol. The Kier molecular flexibility index (Phi) is 4.05. The molecule has 0 fully saturated rings. The number of aromatic nitrogens is 1. The van der Waals surface area contributed by atoms with Crippen LogP contribution in [-0.2, 0) is 9.53 Å². The molecule has 5 heteroatoms. The monoisotopic (exact) mass is 346 g/mol. The van der Waals surface area contributed by atoms with Crippen molar-refractivity contribution in [2.24, 2.45) is 0 Å². The molecule has 1 aliphatic rings. The van der Waals surface area contributed by atoms with Crippen molar-refractivity contribution >= 4 is 17.6 Å². The number of oxazole rings is 1. The van der Waals surface area contributed by atoms with E-state index in [2.05, 4.69) is 4.98 Å². The van der Waals surface area contributed by atoms with Crippen molar-refractivity contribution in [3.8, 4) is 0 Å². The molecule has 1 aromatic heterocycles. The lowest BCUT2D eigenvalue weighted by atomic mass is 9.90. The fourth-order valence-corrected chi connectivity index (χ4v) is 3.42. The van der Waals surface area contributed by atoms with Crippen molar-refractivity contribution in [1.29, 1.82) is 0 Å². The summed E-state index contributed by atoms with van der Waals surface area (Å²) in [5.74, 6) is -0.209. The van der Waals surface area contributed by atoms with Crippen molar-refractivity contribution in [2.75, 3.05) is 12.3 Å². The first-order valence-corrected chi connectivity index (χ1v) is 8.49. The first-order chi connectivity index (χ1) is 12.7. The predicted octanol–water partition coefficient (Wildman–Crippen LogP) is 3.77. The molecule has 0 radical (unpaired) electrons. The molecule has 0 saturated carbocycles. The maximum Gasteiger partial charge on any atom is 0.335 e. The van der Waals surface area contributed by atoms with Crippen LogP contribution in [0.25, 0.3) is 5.57 Å². The van der Waals surface area contributed by atoms with Gasteiger partial charge in [0, 0.05) is 5.57 Å². The molecule has 0 spiro atoms. The van der Waals surface area contributed by atoms with Gasteiger partial charge in [0.15, 0.2) is 5.76 Å². The van der Waals surface area contributed by atoms with Crippen LogP contribution in [0.3, 0.4) is 0 Å². The Morgan fingerprint density at radius 1 is 1.12 bits per heavy atom. The van der Waals surface area contributed by atoms with Gasteiger partial charge in [0.1, 0.15) is 5.69 Å². The van der Waals surface area contributed by atoms with Crippen molar-refractivity contribution in [1.82, 2.24) is 4.98 Å². The van der Waals surface area contributed by atoms with Gasteiger partial charge in [-0.2, -0.15) is 4.98 Å². The van der Waals surface area contributed by atoms with E-state index in [1.165, 1.54) is 0 Å². The van der Waals surface area contributed by atoms with E-state index in [1.807, 2.05) is 60.7 Å². The highest BCUT2D eigenvalue weighted by Gasteiger charge is 2.42. The van der Waals surface area contributed by atoms with E-state index in [0.29, 0.717) is 29.2 Å². The molecule has 0 unspecified atom stereocenters. The molecule has 1 aliphatic carbocycles. The number of anilines is 1. The zero-order valence-electron chi connectivity index (χ0n) is 14.3. The molecular formula is C21H18N2O3. The summed E-state index contributed by atoms with van der Waals surface area (Å²) in [5.41, 5.74) is 9.51. The van der Waals surface area contributed by atoms with Gasteiger partial charge in [0.25, 0.3) is 6.01 Å².